The zero-order valence-corrected chi connectivity index (χ0v) is 21.2. The molecule has 2 aromatic rings. The van der Waals surface area contributed by atoms with Crippen LogP contribution < -0.4 is 10.1 Å². The number of aryl methyl sites for hydroxylation is 1. The summed E-state index contributed by atoms with van der Waals surface area (Å²) >= 11 is 6.43. The molecule has 6 heteroatoms. The van der Waals surface area contributed by atoms with Gasteiger partial charge in [0.25, 0.3) is 0 Å². The van der Waals surface area contributed by atoms with Gasteiger partial charge in [-0.1, -0.05) is 49.7 Å². The number of benzene rings is 2. The monoisotopic (exact) mass is 482 g/mol. The van der Waals surface area contributed by atoms with Crippen LogP contribution in [0.2, 0.25) is 5.02 Å². The molecular formula is C28H35ClN2O3. The molecule has 2 atom stereocenters. The van der Waals surface area contributed by atoms with Crippen molar-refractivity contribution in [1.82, 2.24) is 10.2 Å². The second-order valence-electron chi connectivity index (χ2n) is 10.6. The summed E-state index contributed by atoms with van der Waals surface area (Å²) in [6.07, 6.45) is 3.97. The van der Waals surface area contributed by atoms with Crippen LogP contribution >= 0.6 is 11.6 Å². The second kappa shape index (κ2) is 9.43. The van der Waals surface area contributed by atoms with Crippen molar-refractivity contribution < 1.29 is 14.3 Å². The van der Waals surface area contributed by atoms with Crippen LogP contribution in [-0.4, -0.2) is 43.3 Å². The Morgan fingerprint density at radius 2 is 1.88 bits per heavy atom. The number of fused-ring (bicyclic) bond motifs is 4. The standard InChI is InChI=1S/C28H35ClN2O3/c1-4-33-24-8-6-20(16-23(24)29)19-5-7-22-21(15-19)9-12-28(2,3)26(22)30-27(32)34-25-17-31-13-10-18(25)11-14-31/h5-8,15-16,18,25-26H,4,9-14,17H2,1-3H3,(H,30,32)/t25-,26?/m1/s1. The van der Waals surface area contributed by atoms with E-state index >= 15 is 0 Å². The molecule has 1 N–H and O–H groups in total. The van der Waals surface area contributed by atoms with E-state index in [-0.39, 0.29) is 23.7 Å². The SMILES string of the molecule is CCOc1ccc(-c2ccc3c(c2)CCC(C)(C)C3NC(=O)O[C@@H]2CN3CCC2CC3)cc1Cl. The Kier molecular flexibility index (Phi) is 6.51. The van der Waals surface area contributed by atoms with Crippen LogP contribution in [0.4, 0.5) is 4.79 Å². The minimum absolute atomic E-state index is 0.0143. The molecule has 1 amide bonds. The number of hydrogen-bond donors (Lipinski definition) is 1. The van der Waals surface area contributed by atoms with Crippen molar-refractivity contribution in [3.8, 4) is 16.9 Å². The molecule has 3 fully saturated rings. The highest BCUT2D eigenvalue weighted by Gasteiger charge is 2.40. The first-order chi connectivity index (χ1) is 16.3. The number of alkyl carbamates (subject to hydrolysis) is 1. The van der Waals surface area contributed by atoms with Gasteiger partial charge in [-0.15, -0.1) is 0 Å². The van der Waals surface area contributed by atoms with E-state index in [1.54, 1.807) is 0 Å². The topological polar surface area (TPSA) is 50.8 Å². The number of carbonyl (C=O) groups is 1. The lowest BCUT2D eigenvalue weighted by Gasteiger charge is -2.44. The molecule has 2 bridgehead atoms. The van der Waals surface area contributed by atoms with E-state index in [4.69, 9.17) is 21.1 Å². The minimum atomic E-state index is -0.285. The first-order valence-corrected chi connectivity index (χ1v) is 13.0. The first-order valence-electron chi connectivity index (χ1n) is 12.6. The van der Waals surface area contributed by atoms with Gasteiger partial charge in [0.2, 0.25) is 0 Å². The lowest BCUT2D eigenvalue weighted by molar-refractivity contribution is -0.0353. The van der Waals surface area contributed by atoms with E-state index in [1.165, 1.54) is 11.1 Å². The van der Waals surface area contributed by atoms with Crippen molar-refractivity contribution >= 4 is 17.7 Å². The Morgan fingerprint density at radius 1 is 1.15 bits per heavy atom. The molecule has 1 unspecified atom stereocenters. The lowest BCUT2D eigenvalue weighted by Crippen LogP contribution is -2.53. The summed E-state index contributed by atoms with van der Waals surface area (Å²) in [5.41, 5.74) is 4.59. The number of nitrogens with zero attached hydrogens (tertiary/aromatic N) is 1. The molecule has 1 aliphatic carbocycles. The third kappa shape index (κ3) is 4.65. The summed E-state index contributed by atoms with van der Waals surface area (Å²) in [6.45, 7) is 10.1. The van der Waals surface area contributed by atoms with E-state index in [0.29, 0.717) is 23.3 Å². The van der Waals surface area contributed by atoms with Crippen LogP contribution in [0.3, 0.4) is 0 Å². The predicted molar refractivity (Wildman–Crippen MR) is 135 cm³/mol. The second-order valence-corrected chi connectivity index (χ2v) is 11.0. The highest BCUT2D eigenvalue weighted by molar-refractivity contribution is 6.32. The van der Waals surface area contributed by atoms with Crippen molar-refractivity contribution in [3.63, 3.8) is 0 Å². The van der Waals surface area contributed by atoms with Crippen molar-refractivity contribution in [2.24, 2.45) is 11.3 Å². The van der Waals surface area contributed by atoms with Gasteiger partial charge in [0.1, 0.15) is 11.9 Å². The maximum atomic E-state index is 13.0. The van der Waals surface area contributed by atoms with Crippen LogP contribution in [0.15, 0.2) is 36.4 Å². The minimum Gasteiger partial charge on any atom is -0.492 e. The quantitative estimate of drug-likeness (QED) is 0.548. The molecule has 34 heavy (non-hydrogen) atoms. The van der Waals surface area contributed by atoms with E-state index in [1.807, 2.05) is 25.1 Å². The van der Waals surface area contributed by atoms with Crippen LogP contribution in [-0.2, 0) is 11.2 Å². The van der Waals surface area contributed by atoms with Crippen LogP contribution in [0.1, 0.15) is 57.2 Å². The van der Waals surface area contributed by atoms with Crippen molar-refractivity contribution in [2.75, 3.05) is 26.2 Å². The number of hydrogen-bond acceptors (Lipinski definition) is 4. The Morgan fingerprint density at radius 3 is 2.56 bits per heavy atom. The Bertz CT molecular complexity index is 1060. The third-order valence-electron chi connectivity index (χ3n) is 7.96. The number of carbonyl (C=O) groups excluding carboxylic acids is 1. The molecule has 4 aliphatic rings. The van der Waals surface area contributed by atoms with E-state index < -0.39 is 0 Å². The molecule has 3 aliphatic heterocycles. The summed E-state index contributed by atoms with van der Waals surface area (Å²) in [6, 6.07) is 12.4. The predicted octanol–water partition coefficient (Wildman–Crippen LogP) is 6.24. The fraction of sp³-hybridized carbons (Fsp3) is 0.536. The summed E-state index contributed by atoms with van der Waals surface area (Å²) in [7, 11) is 0. The van der Waals surface area contributed by atoms with Gasteiger partial charge >= 0.3 is 6.09 Å². The zero-order valence-electron chi connectivity index (χ0n) is 20.4. The van der Waals surface area contributed by atoms with Crippen molar-refractivity contribution in [1.29, 1.82) is 0 Å². The molecule has 0 spiro atoms. The largest absolute Gasteiger partial charge is 0.492 e. The van der Waals surface area contributed by atoms with Gasteiger partial charge in [-0.25, -0.2) is 4.79 Å². The molecule has 3 heterocycles. The molecule has 182 valence electrons. The molecule has 0 saturated carbocycles. The number of piperidine rings is 3. The fourth-order valence-electron chi connectivity index (χ4n) is 5.87. The van der Waals surface area contributed by atoms with Gasteiger partial charge < -0.3 is 14.8 Å². The molecule has 0 aromatic heterocycles. The summed E-state index contributed by atoms with van der Waals surface area (Å²) in [5.74, 6) is 1.21. The van der Waals surface area contributed by atoms with E-state index in [0.717, 1.165) is 56.4 Å². The van der Waals surface area contributed by atoms with Crippen LogP contribution in [0, 0.1) is 11.3 Å². The molecular weight excluding hydrogens is 448 g/mol. The van der Waals surface area contributed by atoms with Crippen molar-refractivity contribution in [3.05, 3.63) is 52.5 Å². The normalized spacial score (nSPS) is 27.1. The maximum Gasteiger partial charge on any atom is 0.407 e. The average Bonchev–Trinajstić information content (AvgIpc) is 2.83. The number of rotatable bonds is 5. The summed E-state index contributed by atoms with van der Waals surface area (Å²) in [5, 5.41) is 3.86. The molecule has 3 saturated heterocycles. The highest BCUT2D eigenvalue weighted by atomic mass is 35.5. The Balaban J connectivity index is 1.34. The molecule has 0 radical (unpaired) electrons. The Hall–Kier alpha value is -2.24. The van der Waals surface area contributed by atoms with Gasteiger partial charge in [-0.3, -0.25) is 4.90 Å². The summed E-state index contributed by atoms with van der Waals surface area (Å²) < 4.78 is 11.5. The molecule has 6 rings (SSSR count). The number of halogens is 1. The third-order valence-corrected chi connectivity index (χ3v) is 8.25. The van der Waals surface area contributed by atoms with Gasteiger partial charge in [-0.2, -0.15) is 0 Å². The van der Waals surface area contributed by atoms with Crippen LogP contribution in [0.5, 0.6) is 5.75 Å². The highest BCUT2D eigenvalue weighted by Crippen LogP contribution is 2.45. The van der Waals surface area contributed by atoms with E-state index in [2.05, 4.69) is 42.3 Å². The van der Waals surface area contributed by atoms with Gasteiger partial charge in [-0.05, 0) is 91.4 Å². The maximum absolute atomic E-state index is 13.0. The first kappa shape index (κ1) is 23.5. The number of amides is 1. The number of ether oxygens (including phenoxy) is 2. The molecule has 5 nitrogen and oxygen atoms in total. The smallest absolute Gasteiger partial charge is 0.407 e. The van der Waals surface area contributed by atoms with Crippen LogP contribution in [0.25, 0.3) is 11.1 Å². The van der Waals surface area contributed by atoms with Gasteiger partial charge in [0.05, 0.1) is 17.7 Å². The summed E-state index contributed by atoms with van der Waals surface area (Å²) in [4.78, 5) is 15.4. The zero-order chi connectivity index (χ0) is 23.9. The van der Waals surface area contributed by atoms with Gasteiger partial charge in [0, 0.05) is 6.54 Å². The van der Waals surface area contributed by atoms with E-state index in [9.17, 15) is 4.79 Å². The molecule has 2 aromatic carbocycles. The fourth-order valence-corrected chi connectivity index (χ4v) is 6.10. The van der Waals surface area contributed by atoms with Crippen molar-refractivity contribution in [2.45, 2.75) is 58.6 Å². The lowest BCUT2D eigenvalue weighted by atomic mass is 9.70. The number of nitrogens with one attached hydrogen (secondary N) is 1. The van der Waals surface area contributed by atoms with Gasteiger partial charge in [0.15, 0.2) is 0 Å². The average molecular weight is 483 g/mol. The Labute approximate surface area is 207 Å².